The van der Waals surface area contributed by atoms with Gasteiger partial charge in [0, 0.05) is 17.7 Å². The van der Waals surface area contributed by atoms with E-state index in [4.69, 9.17) is 14.2 Å². The molecule has 2 aromatic carbocycles. The largest absolute Gasteiger partial charge is 0.508 e. The number of benzene rings is 2. The number of hydrogen-bond donors (Lipinski definition) is 2. The highest BCUT2D eigenvalue weighted by Gasteiger charge is 2.34. The van der Waals surface area contributed by atoms with Crippen LogP contribution in [0.25, 0.3) is 5.57 Å². The first kappa shape index (κ1) is 21.6. The third-order valence-corrected chi connectivity index (χ3v) is 5.52. The Bertz CT molecular complexity index is 1180. The van der Waals surface area contributed by atoms with Gasteiger partial charge in [-0.25, -0.2) is 0 Å². The van der Waals surface area contributed by atoms with Gasteiger partial charge in [0.2, 0.25) is 5.78 Å². The van der Waals surface area contributed by atoms with Crippen LogP contribution in [-0.2, 0) is 0 Å². The molecular formula is C26H26O6. The van der Waals surface area contributed by atoms with Gasteiger partial charge in [-0.15, -0.1) is 0 Å². The maximum Gasteiger partial charge on any atom is 0.231 e. The van der Waals surface area contributed by atoms with E-state index >= 15 is 0 Å². The molecule has 32 heavy (non-hydrogen) atoms. The number of ketones is 1. The van der Waals surface area contributed by atoms with Gasteiger partial charge in [-0.1, -0.05) is 11.6 Å². The Balaban J connectivity index is 1.79. The molecule has 0 saturated heterocycles. The van der Waals surface area contributed by atoms with E-state index in [0.717, 1.165) is 6.42 Å². The average molecular weight is 434 g/mol. The topological polar surface area (TPSA) is 85.2 Å². The van der Waals surface area contributed by atoms with Crippen molar-refractivity contribution in [3.8, 4) is 28.7 Å². The molecule has 2 aliphatic heterocycles. The second-order valence-electron chi connectivity index (χ2n) is 8.48. The minimum absolute atomic E-state index is 0.0231. The van der Waals surface area contributed by atoms with Gasteiger partial charge >= 0.3 is 0 Å². The Hall–Kier alpha value is -3.67. The summed E-state index contributed by atoms with van der Waals surface area (Å²) < 4.78 is 17.3. The summed E-state index contributed by atoms with van der Waals surface area (Å²) in [7, 11) is 1.52. The smallest absolute Gasteiger partial charge is 0.231 e. The number of phenols is 2. The molecule has 0 amide bonds. The lowest BCUT2D eigenvalue weighted by Gasteiger charge is -2.34. The van der Waals surface area contributed by atoms with Gasteiger partial charge in [-0.2, -0.15) is 0 Å². The quantitative estimate of drug-likeness (QED) is 0.474. The summed E-state index contributed by atoms with van der Waals surface area (Å²) in [4.78, 5) is 12.9. The molecule has 166 valence electrons. The van der Waals surface area contributed by atoms with Crippen LogP contribution < -0.4 is 14.2 Å². The third kappa shape index (κ3) is 4.08. The molecule has 6 heteroatoms. The van der Waals surface area contributed by atoms with Crippen LogP contribution in [0.4, 0.5) is 0 Å². The molecule has 6 nitrogen and oxygen atoms in total. The first-order valence-electron chi connectivity index (χ1n) is 10.4. The number of hydrogen-bond acceptors (Lipinski definition) is 6. The summed E-state index contributed by atoms with van der Waals surface area (Å²) in [5.41, 5.74) is 2.19. The van der Waals surface area contributed by atoms with Crippen molar-refractivity contribution in [2.45, 2.75) is 39.2 Å². The molecule has 0 spiro atoms. The highest BCUT2D eigenvalue weighted by atomic mass is 16.5. The fourth-order valence-electron chi connectivity index (χ4n) is 3.90. The van der Waals surface area contributed by atoms with Crippen molar-refractivity contribution in [1.29, 1.82) is 0 Å². The van der Waals surface area contributed by atoms with Crippen LogP contribution in [0.5, 0.6) is 28.7 Å². The number of Topliss-reactive ketones (excluding diaryl/α,β-unsaturated/α-hetero) is 1. The fraction of sp³-hybridized carbons (Fsp3) is 0.269. The van der Waals surface area contributed by atoms with Crippen molar-refractivity contribution in [3.05, 3.63) is 71.0 Å². The molecule has 0 radical (unpaired) electrons. The first-order chi connectivity index (χ1) is 15.2. The van der Waals surface area contributed by atoms with Crippen LogP contribution in [0.2, 0.25) is 0 Å². The number of aromatic hydroxyl groups is 2. The van der Waals surface area contributed by atoms with Gasteiger partial charge in [0.25, 0.3) is 0 Å². The molecule has 2 N–H and O–H groups in total. The zero-order valence-corrected chi connectivity index (χ0v) is 18.6. The highest BCUT2D eigenvalue weighted by Crippen LogP contribution is 2.47. The molecule has 2 aliphatic rings. The molecule has 0 saturated carbocycles. The zero-order chi connectivity index (χ0) is 23.0. The predicted octanol–water partition coefficient (Wildman–Crippen LogP) is 5.55. The van der Waals surface area contributed by atoms with E-state index in [-0.39, 0.29) is 23.0 Å². The van der Waals surface area contributed by atoms with E-state index in [0.29, 0.717) is 40.4 Å². The van der Waals surface area contributed by atoms with Crippen LogP contribution in [0.15, 0.2) is 59.9 Å². The molecule has 4 rings (SSSR count). The second-order valence-corrected chi connectivity index (χ2v) is 8.48. The minimum atomic E-state index is -0.704. The molecule has 2 aromatic rings. The van der Waals surface area contributed by atoms with Crippen molar-refractivity contribution in [1.82, 2.24) is 0 Å². The normalized spacial score (nSPS) is 20.1. The SMILES string of the molecule is COc1cc(O)c2c(c1)C(/C=C1\Oc3cc(O)ccc3C1=O)=CC(C)(CCC=C(C)C)O2. The van der Waals surface area contributed by atoms with Gasteiger partial charge in [0.05, 0.1) is 12.7 Å². The van der Waals surface area contributed by atoms with Crippen molar-refractivity contribution < 1.29 is 29.2 Å². The summed E-state index contributed by atoms with van der Waals surface area (Å²) in [6.07, 6.45) is 7.21. The molecule has 0 fully saturated rings. The molecule has 1 unspecified atom stereocenters. The maximum atomic E-state index is 12.9. The monoisotopic (exact) mass is 434 g/mol. The van der Waals surface area contributed by atoms with Gasteiger partial charge < -0.3 is 24.4 Å². The van der Waals surface area contributed by atoms with E-state index in [2.05, 4.69) is 6.08 Å². The average Bonchev–Trinajstić information content (AvgIpc) is 3.02. The Morgan fingerprint density at radius 2 is 1.94 bits per heavy atom. The van der Waals surface area contributed by atoms with E-state index in [1.165, 1.54) is 30.9 Å². The molecule has 2 heterocycles. The predicted molar refractivity (Wildman–Crippen MR) is 121 cm³/mol. The van der Waals surface area contributed by atoms with E-state index in [9.17, 15) is 15.0 Å². The van der Waals surface area contributed by atoms with E-state index < -0.39 is 5.60 Å². The van der Waals surface area contributed by atoms with Gasteiger partial charge in [0.15, 0.2) is 17.3 Å². The van der Waals surface area contributed by atoms with Crippen molar-refractivity contribution in [2.24, 2.45) is 0 Å². The van der Waals surface area contributed by atoms with Crippen molar-refractivity contribution in [3.63, 3.8) is 0 Å². The summed E-state index contributed by atoms with van der Waals surface area (Å²) >= 11 is 0. The van der Waals surface area contributed by atoms with E-state index in [1.54, 1.807) is 18.2 Å². The number of carbonyl (C=O) groups excluding carboxylic acids is 1. The Morgan fingerprint density at radius 3 is 2.66 bits per heavy atom. The lowest BCUT2D eigenvalue weighted by atomic mass is 9.89. The summed E-state index contributed by atoms with van der Waals surface area (Å²) in [5.74, 6) is 0.966. The molecule has 0 aromatic heterocycles. The number of ether oxygens (including phenoxy) is 3. The lowest BCUT2D eigenvalue weighted by Crippen LogP contribution is -2.33. The minimum Gasteiger partial charge on any atom is -0.508 e. The van der Waals surface area contributed by atoms with Gasteiger partial charge in [-0.05, 0) is 69.5 Å². The Labute approximate surface area is 187 Å². The fourth-order valence-corrected chi connectivity index (χ4v) is 3.90. The third-order valence-electron chi connectivity index (χ3n) is 5.52. The van der Waals surface area contributed by atoms with Crippen LogP contribution in [0.3, 0.4) is 0 Å². The van der Waals surface area contributed by atoms with Crippen molar-refractivity contribution >= 4 is 11.4 Å². The Kier molecular flexibility index (Phi) is 5.46. The molecule has 0 aliphatic carbocycles. The van der Waals surface area contributed by atoms with Crippen LogP contribution >= 0.6 is 0 Å². The standard InChI is InChI=1S/C26H26O6/c1-15(2)6-5-9-26(3)14-16(20-12-18(30-4)13-21(28)25(20)32-26)10-23-24(29)19-8-7-17(27)11-22(19)31-23/h6-8,10-14,27-28H,5,9H2,1-4H3/b23-10-. The van der Waals surface area contributed by atoms with E-state index in [1.807, 2.05) is 26.8 Å². The summed E-state index contributed by atoms with van der Waals surface area (Å²) in [6.45, 7) is 6.03. The summed E-state index contributed by atoms with van der Waals surface area (Å²) in [6, 6.07) is 7.67. The zero-order valence-electron chi connectivity index (χ0n) is 18.6. The molecular weight excluding hydrogens is 408 g/mol. The number of methoxy groups -OCH3 is 1. The number of carbonyl (C=O) groups is 1. The number of allylic oxidation sites excluding steroid dienone is 5. The number of rotatable bonds is 5. The highest BCUT2D eigenvalue weighted by molar-refractivity contribution is 6.13. The second kappa shape index (κ2) is 8.11. The number of phenolic OH excluding ortho intramolecular Hbond substituents is 2. The first-order valence-corrected chi connectivity index (χ1v) is 10.4. The maximum absolute atomic E-state index is 12.9. The number of fused-ring (bicyclic) bond motifs is 2. The van der Waals surface area contributed by atoms with Gasteiger partial charge in [0.1, 0.15) is 22.8 Å². The molecule has 0 bridgehead atoms. The van der Waals surface area contributed by atoms with Crippen molar-refractivity contribution in [2.75, 3.05) is 7.11 Å². The van der Waals surface area contributed by atoms with Crippen LogP contribution in [-0.4, -0.2) is 28.7 Å². The lowest BCUT2D eigenvalue weighted by molar-refractivity contribution is 0.101. The molecule has 1 atom stereocenters. The van der Waals surface area contributed by atoms with Crippen LogP contribution in [0, 0.1) is 0 Å². The summed E-state index contributed by atoms with van der Waals surface area (Å²) in [5, 5.41) is 20.3. The van der Waals surface area contributed by atoms with Gasteiger partial charge in [-0.3, -0.25) is 4.79 Å². The Morgan fingerprint density at radius 1 is 1.16 bits per heavy atom. The van der Waals surface area contributed by atoms with Crippen LogP contribution in [0.1, 0.15) is 49.5 Å².